The summed E-state index contributed by atoms with van der Waals surface area (Å²) in [6, 6.07) is 3.41. The third kappa shape index (κ3) is 3.88. The zero-order valence-corrected chi connectivity index (χ0v) is 13.9. The number of hydrogen-bond donors (Lipinski definition) is 1. The Labute approximate surface area is 139 Å². The second-order valence-corrected chi connectivity index (χ2v) is 5.25. The van der Waals surface area contributed by atoms with E-state index in [1.54, 1.807) is 12.1 Å². The summed E-state index contributed by atoms with van der Waals surface area (Å²) in [4.78, 5) is 25.0. The molecule has 132 valence electrons. The largest absolute Gasteiger partial charge is 0.493 e. The first-order valence-electron chi connectivity index (χ1n) is 7.41. The first-order valence-corrected chi connectivity index (χ1v) is 7.41. The Morgan fingerprint density at radius 1 is 1.21 bits per heavy atom. The van der Waals surface area contributed by atoms with Crippen LogP contribution in [-0.2, 0) is 20.7 Å². The summed E-state index contributed by atoms with van der Waals surface area (Å²) in [5.41, 5.74) is 0.688. The predicted octanol–water partition coefficient (Wildman–Crippen LogP) is 0.567. The molecule has 1 aromatic rings. The lowest BCUT2D eigenvalue weighted by molar-refractivity contribution is -0.159. The number of benzene rings is 1. The normalized spacial score (nSPS) is 17.3. The van der Waals surface area contributed by atoms with Crippen LogP contribution in [0.4, 0.5) is 0 Å². The summed E-state index contributed by atoms with van der Waals surface area (Å²) in [5.74, 6) is 0.128. The minimum absolute atomic E-state index is 0.0403. The van der Waals surface area contributed by atoms with Crippen LogP contribution in [0.2, 0.25) is 0 Å². The van der Waals surface area contributed by atoms with E-state index in [9.17, 15) is 9.59 Å². The van der Waals surface area contributed by atoms with E-state index in [1.165, 1.54) is 26.2 Å². The van der Waals surface area contributed by atoms with Crippen LogP contribution in [0.1, 0.15) is 5.56 Å². The van der Waals surface area contributed by atoms with E-state index in [-0.39, 0.29) is 25.5 Å². The Kier molecular flexibility index (Phi) is 5.86. The molecule has 1 saturated heterocycles. The molecule has 8 heteroatoms. The molecule has 1 heterocycles. The highest BCUT2D eigenvalue weighted by Crippen LogP contribution is 2.38. The Morgan fingerprint density at radius 3 is 2.33 bits per heavy atom. The van der Waals surface area contributed by atoms with Crippen molar-refractivity contribution in [3.8, 4) is 17.2 Å². The molecule has 1 fully saturated rings. The molecule has 8 nitrogen and oxygen atoms in total. The zero-order valence-electron chi connectivity index (χ0n) is 13.9. The number of methoxy groups -OCH3 is 3. The quantitative estimate of drug-likeness (QED) is 0.809. The number of carbonyl (C=O) groups excluding carboxylic acids is 1. The number of carbonyl (C=O) groups is 2. The number of nitrogens with zero attached hydrogens (tertiary/aromatic N) is 1. The van der Waals surface area contributed by atoms with Crippen molar-refractivity contribution < 1.29 is 33.6 Å². The first kappa shape index (κ1) is 17.9. The van der Waals surface area contributed by atoms with E-state index in [0.29, 0.717) is 29.4 Å². The summed E-state index contributed by atoms with van der Waals surface area (Å²) in [6.45, 7) is 0.615. The molecule has 24 heavy (non-hydrogen) atoms. The number of morpholine rings is 1. The van der Waals surface area contributed by atoms with Crippen LogP contribution in [-0.4, -0.2) is 69.0 Å². The van der Waals surface area contributed by atoms with E-state index in [0.717, 1.165) is 0 Å². The van der Waals surface area contributed by atoms with Crippen molar-refractivity contribution in [2.75, 3.05) is 41.0 Å². The van der Waals surface area contributed by atoms with Gasteiger partial charge in [-0.15, -0.1) is 0 Å². The maximum Gasteiger partial charge on any atom is 0.334 e. The Bertz CT molecular complexity index is 591. The second kappa shape index (κ2) is 7.87. The third-order valence-corrected chi connectivity index (χ3v) is 3.77. The van der Waals surface area contributed by atoms with Crippen molar-refractivity contribution in [2.45, 2.75) is 12.5 Å². The van der Waals surface area contributed by atoms with Crippen molar-refractivity contribution in [3.63, 3.8) is 0 Å². The van der Waals surface area contributed by atoms with Crippen LogP contribution in [0.5, 0.6) is 17.2 Å². The summed E-state index contributed by atoms with van der Waals surface area (Å²) in [5, 5.41) is 9.01. The molecular weight excluding hydrogens is 318 g/mol. The van der Waals surface area contributed by atoms with Crippen molar-refractivity contribution >= 4 is 11.9 Å². The molecule has 1 aliphatic heterocycles. The average Bonchev–Trinajstić information content (AvgIpc) is 2.60. The summed E-state index contributed by atoms with van der Waals surface area (Å²) in [7, 11) is 4.51. The van der Waals surface area contributed by atoms with Gasteiger partial charge in [0.2, 0.25) is 11.7 Å². The fraction of sp³-hybridized carbons (Fsp3) is 0.500. The molecule has 0 radical (unpaired) electrons. The molecule has 1 amide bonds. The van der Waals surface area contributed by atoms with Crippen LogP contribution in [0.3, 0.4) is 0 Å². The van der Waals surface area contributed by atoms with E-state index in [2.05, 4.69) is 0 Å². The van der Waals surface area contributed by atoms with Gasteiger partial charge in [0.25, 0.3) is 0 Å². The van der Waals surface area contributed by atoms with Gasteiger partial charge in [0.15, 0.2) is 17.6 Å². The lowest BCUT2D eigenvalue weighted by atomic mass is 10.1. The SMILES string of the molecule is COc1cc(CC(=O)N2CCO[C@@H](C(=O)O)C2)cc(OC)c1OC. The standard InChI is InChI=1S/C16H21NO7/c1-21-11-6-10(7-12(22-2)15(11)23-3)8-14(18)17-4-5-24-13(9-17)16(19)20/h6-7,13H,4-5,8-9H2,1-3H3,(H,19,20)/t13-/m1/s1. The third-order valence-electron chi connectivity index (χ3n) is 3.77. The molecular formula is C16H21NO7. The Balaban J connectivity index is 2.15. The Hall–Kier alpha value is -2.48. The van der Waals surface area contributed by atoms with Crippen LogP contribution in [0.15, 0.2) is 12.1 Å². The van der Waals surface area contributed by atoms with Crippen molar-refractivity contribution in [3.05, 3.63) is 17.7 Å². The van der Waals surface area contributed by atoms with E-state index >= 15 is 0 Å². The highest BCUT2D eigenvalue weighted by atomic mass is 16.5. The van der Waals surface area contributed by atoms with E-state index in [4.69, 9.17) is 24.1 Å². The lowest BCUT2D eigenvalue weighted by Crippen LogP contribution is -2.49. The van der Waals surface area contributed by atoms with Gasteiger partial charge in [-0.1, -0.05) is 0 Å². The molecule has 0 saturated carbocycles. The molecule has 0 unspecified atom stereocenters. The average molecular weight is 339 g/mol. The number of rotatable bonds is 6. The highest BCUT2D eigenvalue weighted by molar-refractivity contribution is 5.81. The topological polar surface area (TPSA) is 94.5 Å². The van der Waals surface area contributed by atoms with Gasteiger partial charge >= 0.3 is 5.97 Å². The number of hydrogen-bond acceptors (Lipinski definition) is 6. The zero-order chi connectivity index (χ0) is 17.7. The van der Waals surface area contributed by atoms with E-state index in [1.807, 2.05) is 0 Å². The molecule has 1 atom stereocenters. The van der Waals surface area contributed by atoms with Gasteiger partial charge in [0.05, 0.1) is 40.9 Å². The number of amides is 1. The maximum absolute atomic E-state index is 12.5. The van der Waals surface area contributed by atoms with Gasteiger partial charge in [0, 0.05) is 6.54 Å². The van der Waals surface area contributed by atoms with Crippen molar-refractivity contribution in [1.82, 2.24) is 4.90 Å². The predicted molar refractivity (Wildman–Crippen MR) is 83.8 cm³/mol. The molecule has 0 aromatic heterocycles. The minimum atomic E-state index is -1.07. The smallest absolute Gasteiger partial charge is 0.334 e. The monoisotopic (exact) mass is 339 g/mol. The molecule has 0 bridgehead atoms. The van der Waals surface area contributed by atoms with Crippen LogP contribution < -0.4 is 14.2 Å². The van der Waals surface area contributed by atoms with Crippen LogP contribution in [0.25, 0.3) is 0 Å². The molecule has 1 aromatic carbocycles. The van der Waals surface area contributed by atoms with Crippen molar-refractivity contribution in [2.24, 2.45) is 0 Å². The number of carboxylic acids is 1. The summed E-state index contributed by atoms with van der Waals surface area (Å²) >= 11 is 0. The number of ether oxygens (including phenoxy) is 4. The summed E-state index contributed by atoms with van der Waals surface area (Å²) in [6.07, 6.45) is -0.883. The van der Waals surface area contributed by atoms with Crippen LogP contribution in [0, 0.1) is 0 Å². The fourth-order valence-corrected chi connectivity index (χ4v) is 2.55. The van der Waals surface area contributed by atoms with Crippen molar-refractivity contribution in [1.29, 1.82) is 0 Å². The lowest BCUT2D eigenvalue weighted by Gasteiger charge is -2.31. The summed E-state index contributed by atoms with van der Waals surface area (Å²) < 4.78 is 20.9. The van der Waals surface area contributed by atoms with Gasteiger partial charge in [0.1, 0.15) is 0 Å². The first-order chi connectivity index (χ1) is 11.5. The fourth-order valence-electron chi connectivity index (χ4n) is 2.55. The highest BCUT2D eigenvalue weighted by Gasteiger charge is 2.29. The Morgan fingerprint density at radius 2 is 1.83 bits per heavy atom. The molecule has 0 spiro atoms. The number of carboxylic acid groups (broad SMARTS) is 1. The molecule has 1 N–H and O–H groups in total. The van der Waals surface area contributed by atoms with Gasteiger partial charge in [-0.3, -0.25) is 4.79 Å². The van der Waals surface area contributed by atoms with Crippen LogP contribution >= 0.6 is 0 Å². The number of aliphatic carboxylic acids is 1. The van der Waals surface area contributed by atoms with E-state index < -0.39 is 12.1 Å². The molecule has 0 aliphatic carbocycles. The van der Waals surface area contributed by atoms with Gasteiger partial charge in [-0.05, 0) is 17.7 Å². The maximum atomic E-state index is 12.5. The van der Waals surface area contributed by atoms with Gasteiger partial charge in [-0.25, -0.2) is 4.79 Å². The molecule has 2 rings (SSSR count). The second-order valence-electron chi connectivity index (χ2n) is 5.25. The minimum Gasteiger partial charge on any atom is -0.493 e. The van der Waals surface area contributed by atoms with Gasteiger partial charge in [-0.2, -0.15) is 0 Å². The molecule has 1 aliphatic rings. The van der Waals surface area contributed by atoms with Gasteiger partial charge < -0.3 is 29.0 Å².